The van der Waals surface area contributed by atoms with Crippen molar-refractivity contribution in [1.82, 2.24) is 0 Å². The van der Waals surface area contributed by atoms with Gasteiger partial charge < -0.3 is 10.2 Å². The van der Waals surface area contributed by atoms with Gasteiger partial charge in [0.1, 0.15) is 0 Å². The van der Waals surface area contributed by atoms with Crippen LogP contribution >= 0.6 is 0 Å². The minimum atomic E-state index is -1.80. The van der Waals surface area contributed by atoms with Crippen molar-refractivity contribution in [3.05, 3.63) is 42.0 Å². The van der Waals surface area contributed by atoms with Gasteiger partial charge in [0, 0.05) is 0 Å². The van der Waals surface area contributed by atoms with Crippen LogP contribution in [0.25, 0.3) is 6.08 Å². The third-order valence-corrected chi connectivity index (χ3v) is 2.72. The van der Waals surface area contributed by atoms with Gasteiger partial charge in [-0.15, -0.1) is 0 Å². The lowest BCUT2D eigenvalue weighted by Gasteiger charge is -2.19. The highest BCUT2D eigenvalue weighted by Crippen LogP contribution is 2.23. The molecule has 0 fully saturated rings. The van der Waals surface area contributed by atoms with E-state index in [0.29, 0.717) is 5.56 Å². The summed E-state index contributed by atoms with van der Waals surface area (Å²) in [5, 5.41) is 17.9. The molecule has 0 amide bonds. The number of aliphatic carboxylic acids is 2. The molecule has 17 heavy (non-hydrogen) atoms. The summed E-state index contributed by atoms with van der Waals surface area (Å²) < 4.78 is 0. The van der Waals surface area contributed by atoms with Gasteiger partial charge >= 0.3 is 11.9 Å². The fourth-order valence-corrected chi connectivity index (χ4v) is 1.42. The standard InChI is InChI=1S/C13H14O4/c1-3-9-4-6-10(7-5-9)8-13(2,11(14)15)12(16)17/h3-7H,1,8H2,2H3,(H,14,15)(H,16,17). The van der Waals surface area contributed by atoms with E-state index in [9.17, 15) is 9.59 Å². The molecule has 4 nitrogen and oxygen atoms in total. The molecule has 90 valence electrons. The molecule has 0 spiro atoms. The maximum Gasteiger partial charge on any atom is 0.321 e. The van der Waals surface area contributed by atoms with E-state index in [1.54, 1.807) is 30.3 Å². The van der Waals surface area contributed by atoms with E-state index < -0.39 is 17.4 Å². The van der Waals surface area contributed by atoms with Crippen LogP contribution in [0.3, 0.4) is 0 Å². The summed E-state index contributed by atoms with van der Waals surface area (Å²) in [6.07, 6.45) is 1.62. The number of hydrogen-bond acceptors (Lipinski definition) is 2. The van der Waals surface area contributed by atoms with E-state index in [1.807, 2.05) is 0 Å². The number of hydrogen-bond donors (Lipinski definition) is 2. The molecule has 4 heteroatoms. The first-order chi connectivity index (χ1) is 7.90. The van der Waals surface area contributed by atoms with Crippen LogP contribution < -0.4 is 0 Å². The Hall–Kier alpha value is -2.10. The summed E-state index contributed by atoms with van der Waals surface area (Å²) in [4.78, 5) is 22.0. The van der Waals surface area contributed by atoms with Crippen molar-refractivity contribution in [1.29, 1.82) is 0 Å². The van der Waals surface area contributed by atoms with Crippen molar-refractivity contribution in [3.63, 3.8) is 0 Å². The maximum atomic E-state index is 11.0. The van der Waals surface area contributed by atoms with E-state index in [4.69, 9.17) is 10.2 Å². The minimum Gasteiger partial charge on any atom is -0.480 e. The van der Waals surface area contributed by atoms with Crippen LogP contribution in [-0.2, 0) is 16.0 Å². The second-order valence-electron chi connectivity index (χ2n) is 4.06. The molecule has 1 aromatic rings. The number of carboxylic acids is 2. The smallest absolute Gasteiger partial charge is 0.321 e. The Balaban J connectivity index is 2.98. The third kappa shape index (κ3) is 2.72. The van der Waals surface area contributed by atoms with Crippen molar-refractivity contribution >= 4 is 18.0 Å². The Kier molecular flexibility index (Phi) is 3.68. The SMILES string of the molecule is C=Cc1ccc(CC(C)(C(=O)O)C(=O)O)cc1. The predicted octanol–water partition coefficient (Wildman–Crippen LogP) is 2.05. The molecule has 0 heterocycles. The molecular formula is C13H14O4. The van der Waals surface area contributed by atoms with Crippen molar-refractivity contribution in [2.24, 2.45) is 5.41 Å². The zero-order chi connectivity index (χ0) is 13.1. The molecule has 2 N–H and O–H groups in total. The van der Waals surface area contributed by atoms with Crippen LogP contribution in [0, 0.1) is 5.41 Å². The molecule has 0 atom stereocenters. The molecule has 1 aromatic carbocycles. The Labute approximate surface area is 99.2 Å². The van der Waals surface area contributed by atoms with Crippen LogP contribution in [0.4, 0.5) is 0 Å². The van der Waals surface area contributed by atoms with E-state index in [0.717, 1.165) is 5.56 Å². The van der Waals surface area contributed by atoms with Gasteiger partial charge in [0.15, 0.2) is 5.41 Å². The topological polar surface area (TPSA) is 74.6 Å². The van der Waals surface area contributed by atoms with Gasteiger partial charge in [-0.25, -0.2) is 0 Å². The van der Waals surface area contributed by atoms with Crippen LogP contribution in [0.1, 0.15) is 18.1 Å². The third-order valence-electron chi connectivity index (χ3n) is 2.72. The molecule has 0 aliphatic heterocycles. The number of carboxylic acid groups (broad SMARTS) is 2. The second kappa shape index (κ2) is 4.82. The Bertz CT molecular complexity index is 431. The average Bonchev–Trinajstić information content (AvgIpc) is 2.29. The van der Waals surface area contributed by atoms with E-state index in [2.05, 4.69) is 6.58 Å². The highest BCUT2D eigenvalue weighted by atomic mass is 16.4. The fourth-order valence-electron chi connectivity index (χ4n) is 1.42. The Morgan fingerprint density at radius 2 is 1.71 bits per heavy atom. The Morgan fingerprint density at radius 1 is 1.24 bits per heavy atom. The summed E-state index contributed by atoms with van der Waals surface area (Å²) in [6, 6.07) is 6.96. The molecule has 0 saturated carbocycles. The lowest BCUT2D eigenvalue weighted by atomic mass is 9.83. The van der Waals surface area contributed by atoms with Crippen LogP contribution in [0.15, 0.2) is 30.8 Å². The molecular weight excluding hydrogens is 220 g/mol. The lowest BCUT2D eigenvalue weighted by molar-refractivity contribution is -0.163. The monoisotopic (exact) mass is 234 g/mol. The first kappa shape index (κ1) is 13.0. The number of rotatable bonds is 5. The van der Waals surface area contributed by atoms with Crippen LogP contribution in [0.2, 0.25) is 0 Å². The maximum absolute atomic E-state index is 11.0. The van der Waals surface area contributed by atoms with Gasteiger partial charge in [-0.05, 0) is 24.5 Å². The summed E-state index contributed by atoms with van der Waals surface area (Å²) in [6.45, 7) is 4.81. The molecule has 0 unspecified atom stereocenters. The Morgan fingerprint density at radius 3 is 2.06 bits per heavy atom. The summed E-state index contributed by atoms with van der Waals surface area (Å²) >= 11 is 0. The van der Waals surface area contributed by atoms with Gasteiger partial charge in [0.25, 0.3) is 0 Å². The predicted molar refractivity (Wildman–Crippen MR) is 63.6 cm³/mol. The van der Waals surface area contributed by atoms with Crippen molar-refractivity contribution in [2.45, 2.75) is 13.3 Å². The van der Waals surface area contributed by atoms with E-state index >= 15 is 0 Å². The average molecular weight is 234 g/mol. The molecule has 1 rings (SSSR count). The largest absolute Gasteiger partial charge is 0.480 e. The highest BCUT2D eigenvalue weighted by Gasteiger charge is 2.41. The first-order valence-corrected chi connectivity index (χ1v) is 5.08. The van der Waals surface area contributed by atoms with Crippen molar-refractivity contribution in [2.75, 3.05) is 0 Å². The number of carbonyl (C=O) groups is 2. The zero-order valence-electron chi connectivity index (χ0n) is 9.51. The summed E-state index contributed by atoms with van der Waals surface area (Å²) in [5.74, 6) is -2.67. The zero-order valence-corrected chi connectivity index (χ0v) is 9.51. The molecule has 0 radical (unpaired) electrons. The minimum absolute atomic E-state index is 0.0465. The second-order valence-corrected chi connectivity index (χ2v) is 4.06. The van der Waals surface area contributed by atoms with Crippen molar-refractivity contribution in [3.8, 4) is 0 Å². The molecule has 0 saturated heterocycles. The number of benzene rings is 1. The lowest BCUT2D eigenvalue weighted by Crippen LogP contribution is -2.38. The van der Waals surface area contributed by atoms with Gasteiger partial charge in [0.2, 0.25) is 0 Å². The van der Waals surface area contributed by atoms with Gasteiger partial charge in [0.05, 0.1) is 0 Å². The van der Waals surface area contributed by atoms with Crippen LogP contribution in [-0.4, -0.2) is 22.2 Å². The molecule has 0 aliphatic rings. The summed E-state index contributed by atoms with van der Waals surface area (Å²) in [7, 11) is 0. The first-order valence-electron chi connectivity index (χ1n) is 5.08. The van der Waals surface area contributed by atoms with Crippen molar-refractivity contribution < 1.29 is 19.8 Å². The van der Waals surface area contributed by atoms with E-state index in [-0.39, 0.29) is 6.42 Å². The molecule has 0 aliphatic carbocycles. The summed E-state index contributed by atoms with van der Waals surface area (Å²) in [5.41, 5.74) is -0.223. The van der Waals surface area contributed by atoms with E-state index in [1.165, 1.54) is 6.92 Å². The quantitative estimate of drug-likeness (QED) is 0.764. The fraction of sp³-hybridized carbons (Fsp3) is 0.231. The molecule has 0 aromatic heterocycles. The highest BCUT2D eigenvalue weighted by molar-refractivity contribution is 5.98. The van der Waals surface area contributed by atoms with Gasteiger partial charge in [-0.2, -0.15) is 0 Å². The normalized spacial score (nSPS) is 10.9. The van der Waals surface area contributed by atoms with Gasteiger partial charge in [-0.3, -0.25) is 9.59 Å². The van der Waals surface area contributed by atoms with Gasteiger partial charge in [-0.1, -0.05) is 36.9 Å². The van der Waals surface area contributed by atoms with Crippen LogP contribution in [0.5, 0.6) is 0 Å². The molecule has 0 bridgehead atoms.